The smallest absolute Gasteiger partial charge is 0.329 e. The van der Waals surface area contributed by atoms with Crippen LogP contribution in [0.3, 0.4) is 0 Å². The Hall–Kier alpha value is -2.41. The predicted octanol–water partition coefficient (Wildman–Crippen LogP) is 1.77. The lowest BCUT2D eigenvalue weighted by Gasteiger charge is -2.19. The molecule has 7 nitrogen and oxygen atoms in total. The zero-order chi connectivity index (χ0) is 17.8. The molecule has 1 atom stereocenters. The van der Waals surface area contributed by atoms with Crippen molar-refractivity contribution in [2.45, 2.75) is 31.8 Å². The number of carbonyl (C=O) groups excluding carboxylic acids is 3. The lowest BCUT2D eigenvalue weighted by molar-refractivity contribution is -0.117. The molecule has 25 heavy (non-hydrogen) atoms. The van der Waals surface area contributed by atoms with E-state index in [-0.39, 0.29) is 18.4 Å². The van der Waals surface area contributed by atoms with E-state index in [2.05, 4.69) is 5.32 Å². The fraction of sp³-hybridized carbons (Fsp3) is 0.500. The van der Waals surface area contributed by atoms with Crippen molar-refractivity contribution in [2.24, 2.45) is 0 Å². The van der Waals surface area contributed by atoms with E-state index in [4.69, 9.17) is 4.74 Å². The number of rotatable bonds is 6. The van der Waals surface area contributed by atoms with Crippen molar-refractivity contribution in [3.63, 3.8) is 0 Å². The molecule has 2 fully saturated rings. The second kappa shape index (κ2) is 7.65. The quantitative estimate of drug-likeness (QED) is 0.797. The first-order valence-electron chi connectivity index (χ1n) is 8.63. The number of nitrogens with zero attached hydrogens (tertiary/aromatic N) is 2. The van der Waals surface area contributed by atoms with Crippen LogP contribution in [0.25, 0.3) is 0 Å². The van der Waals surface area contributed by atoms with Gasteiger partial charge in [0, 0.05) is 31.5 Å². The summed E-state index contributed by atoms with van der Waals surface area (Å²) in [4.78, 5) is 38.4. The van der Waals surface area contributed by atoms with Crippen molar-refractivity contribution >= 4 is 23.5 Å². The minimum absolute atomic E-state index is 0.00919. The Balaban J connectivity index is 1.52. The second-order valence-electron chi connectivity index (χ2n) is 6.49. The first-order valence-corrected chi connectivity index (χ1v) is 8.63. The van der Waals surface area contributed by atoms with Crippen LogP contribution in [0, 0.1) is 0 Å². The maximum atomic E-state index is 12.5. The summed E-state index contributed by atoms with van der Waals surface area (Å²) in [5.41, 5.74) is 1.16. The number of imide groups is 1. The SMILES string of the molecule is CN(CCC[C@@H]1CCCO1)C(=O)c1ccc(N2CC(=O)NC2=O)cc1. The van der Waals surface area contributed by atoms with E-state index in [9.17, 15) is 14.4 Å². The third-order valence-corrected chi connectivity index (χ3v) is 4.61. The highest BCUT2D eigenvalue weighted by atomic mass is 16.5. The molecular formula is C18H23N3O4. The maximum Gasteiger partial charge on any atom is 0.329 e. The summed E-state index contributed by atoms with van der Waals surface area (Å²) >= 11 is 0. The monoisotopic (exact) mass is 345 g/mol. The molecule has 7 heteroatoms. The molecular weight excluding hydrogens is 322 g/mol. The van der Waals surface area contributed by atoms with E-state index in [1.165, 1.54) is 4.90 Å². The first-order chi connectivity index (χ1) is 12.0. The number of hydrogen-bond donors (Lipinski definition) is 1. The lowest BCUT2D eigenvalue weighted by atomic mass is 10.1. The number of urea groups is 1. The van der Waals surface area contributed by atoms with Gasteiger partial charge in [-0.1, -0.05) is 0 Å². The van der Waals surface area contributed by atoms with Crippen molar-refractivity contribution < 1.29 is 19.1 Å². The summed E-state index contributed by atoms with van der Waals surface area (Å²) in [6.45, 7) is 1.55. The van der Waals surface area contributed by atoms with E-state index in [1.54, 1.807) is 36.2 Å². The van der Waals surface area contributed by atoms with Gasteiger partial charge < -0.3 is 9.64 Å². The zero-order valence-electron chi connectivity index (χ0n) is 14.4. The molecule has 1 aromatic rings. The summed E-state index contributed by atoms with van der Waals surface area (Å²) in [5, 5.41) is 2.23. The Morgan fingerprint density at radius 3 is 2.68 bits per heavy atom. The Labute approximate surface area is 146 Å². The Kier molecular flexibility index (Phi) is 5.33. The number of nitrogens with one attached hydrogen (secondary N) is 1. The van der Waals surface area contributed by atoms with Gasteiger partial charge in [-0.05, 0) is 49.9 Å². The van der Waals surface area contributed by atoms with Gasteiger partial charge in [-0.3, -0.25) is 19.8 Å². The van der Waals surface area contributed by atoms with Gasteiger partial charge in [-0.25, -0.2) is 4.79 Å². The molecule has 0 unspecified atom stereocenters. The van der Waals surface area contributed by atoms with E-state index >= 15 is 0 Å². The Morgan fingerprint density at radius 1 is 1.32 bits per heavy atom. The topological polar surface area (TPSA) is 79.0 Å². The zero-order valence-corrected chi connectivity index (χ0v) is 14.4. The van der Waals surface area contributed by atoms with Crippen LogP contribution in [-0.2, 0) is 9.53 Å². The largest absolute Gasteiger partial charge is 0.378 e. The average Bonchev–Trinajstić information content (AvgIpc) is 3.23. The molecule has 1 N–H and O–H groups in total. The van der Waals surface area contributed by atoms with Gasteiger partial charge in [-0.2, -0.15) is 0 Å². The van der Waals surface area contributed by atoms with Crippen molar-refractivity contribution in [3.05, 3.63) is 29.8 Å². The molecule has 2 aliphatic heterocycles. The van der Waals surface area contributed by atoms with Gasteiger partial charge in [0.25, 0.3) is 5.91 Å². The number of amides is 4. The molecule has 2 aliphatic rings. The van der Waals surface area contributed by atoms with E-state index in [0.29, 0.717) is 23.9 Å². The second-order valence-corrected chi connectivity index (χ2v) is 6.49. The molecule has 134 valence electrons. The summed E-state index contributed by atoms with van der Waals surface area (Å²) in [7, 11) is 1.79. The van der Waals surface area contributed by atoms with Crippen LogP contribution in [0.1, 0.15) is 36.0 Å². The van der Waals surface area contributed by atoms with Gasteiger partial charge in [0.1, 0.15) is 6.54 Å². The highest BCUT2D eigenvalue weighted by Gasteiger charge is 2.28. The maximum absolute atomic E-state index is 12.5. The fourth-order valence-electron chi connectivity index (χ4n) is 3.18. The van der Waals surface area contributed by atoms with Crippen molar-refractivity contribution in [2.75, 3.05) is 31.6 Å². The standard InChI is InChI=1S/C18H23N3O4/c1-20(10-2-4-15-5-3-11-25-15)17(23)13-6-8-14(9-7-13)21-12-16(22)19-18(21)24/h6-9,15H,2-5,10-12H2,1H3,(H,19,22,24)/t15-/m1/s1. The minimum atomic E-state index is -0.435. The Bertz CT molecular complexity index is 653. The highest BCUT2D eigenvalue weighted by molar-refractivity contribution is 6.12. The molecule has 4 amide bonds. The summed E-state index contributed by atoms with van der Waals surface area (Å²) in [6, 6.07) is 6.31. The van der Waals surface area contributed by atoms with Crippen molar-refractivity contribution in [1.29, 1.82) is 0 Å². The number of hydrogen-bond acceptors (Lipinski definition) is 4. The third kappa shape index (κ3) is 4.17. The fourth-order valence-corrected chi connectivity index (χ4v) is 3.18. The number of carbonyl (C=O) groups is 3. The molecule has 1 aromatic carbocycles. The van der Waals surface area contributed by atoms with Crippen LogP contribution in [0.15, 0.2) is 24.3 Å². The van der Waals surface area contributed by atoms with Crippen molar-refractivity contribution in [1.82, 2.24) is 10.2 Å². The molecule has 0 saturated carbocycles. The molecule has 0 spiro atoms. The predicted molar refractivity (Wildman–Crippen MR) is 92.5 cm³/mol. The number of anilines is 1. The minimum Gasteiger partial charge on any atom is -0.378 e. The first kappa shape index (κ1) is 17.4. The number of ether oxygens (including phenoxy) is 1. The summed E-state index contributed by atoms with van der Waals surface area (Å²) in [6.07, 6.45) is 4.49. The van der Waals surface area contributed by atoms with Crippen molar-refractivity contribution in [3.8, 4) is 0 Å². The van der Waals surface area contributed by atoms with Crippen LogP contribution in [0.4, 0.5) is 10.5 Å². The highest BCUT2D eigenvalue weighted by Crippen LogP contribution is 2.19. The van der Waals surface area contributed by atoms with Gasteiger partial charge in [-0.15, -0.1) is 0 Å². The molecule has 2 saturated heterocycles. The Morgan fingerprint density at radius 2 is 2.08 bits per heavy atom. The van der Waals surface area contributed by atoms with Crippen LogP contribution in [0.5, 0.6) is 0 Å². The van der Waals surface area contributed by atoms with Gasteiger partial charge in [0.2, 0.25) is 5.91 Å². The number of benzene rings is 1. The molecule has 2 heterocycles. The van der Waals surface area contributed by atoms with E-state index in [1.807, 2.05) is 0 Å². The molecule has 0 bridgehead atoms. The van der Waals surface area contributed by atoms with Gasteiger partial charge >= 0.3 is 6.03 Å². The third-order valence-electron chi connectivity index (χ3n) is 4.61. The van der Waals surface area contributed by atoms with Crippen LogP contribution < -0.4 is 10.2 Å². The normalized spacial score (nSPS) is 20.0. The molecule has 0 aliphatic carbocycles. The molecule has 0 radical (unpaired) electrons. The van der Waals surface area contributed by atoms with Gasteiger partial charge in [0.05, 0.1) is 6.10 Å². The summed E-state index contributed by atoms with van der Waals surface area (Å²) < 4.78 is 5.59. The molecule has 3 rings (SSSR count). The van der Waals surface area contributed by atoms with Gasteiger partial charge in [0.15, 0.2) is 0 Å². The van der Waals surface area contributed by atoms with Crippen LogP contribution in [-0.4, -0.2) is 55.6 Å². The lowest BCUT2D eigenvalue weighted by Crippen LogP contribution is -2.29. The van der Waals surface area contributed by atoms with Crippen LogP contribution >= 0.6 is 0 Å². The van der Waals surface area contributed by atoms with Crippen LogP contribution in [0.2, 0.25) is 0 Å². The summed E-state index contributed by atoms with van der Waals surface area (Å²) in [5.74, 6) is -0.378. The molecule has 0 aromatic heterocycles. The van der Waals surface area contributed by atoms with E-state index < -0.39 is 6.03 Å². The van der Waals surface area contributed by atoms with E-state index in [0.717, 1.165) is 32.3 Å². The average molecular weight is 345 g/mol.